The van der Waals surface area contributed by atoms with Crippen LogP contribution in [0.25, 0.3) is 0 Å². The van der Waals surface area contributed by atoms with Crippen molar-refractivity contribution >= 4 is 0 Å². The third-order valence-electron chi connectivity index (χ3n) is 10.9. The molecule has 37 heavy (non-hydrogen) atoms. The second kappa shape index (κ2) is 8.90. The molecular formula is C26H42O11. The van der Waals surface area contributed by atoms with E-state index in [0.29, 0.717) is 18.4 Å². The average Bonchev–Trinajstić information content (AvgIpc) is 2.99. The second-order valence-electron chi connectivity index (χ2n) is 12.8. The maximum absolute atomic E-state index is 12.2. The van der Waals surface area contributed by atoms with Crippen molar-refractivity contribution in [3.63, 3.8) is 0 Å². The molecule has 9 N–H and O–H groups in total. The molecule has 6 rings (SSSR count). The molecule has 0 unspecified atom stereocenters. The largest absolute Gasteiger partial charge is 0.394 e. The van der Waals surface area contributed by atoms with Gasteiger partial charge in [0.05, 0.1) is 36.6 Å². The third-order valence-corrected chi connectivity index (χ3v) is 10.9. The summed E-state index contributed by atoms with van der Waals surface area (Å²) in [4.78, 5) is 0. The molecule has 0 aromatic rings. The number of hydrogen-bond acceptors (Lipinski definition) is 11. The molecule has 0 radical (unpaired) electrons. The highest BCUT2D eigenvalue weighted by Gasteiger charge is 2.73. The van der Waals surface area contributed by atoms with Gasteiger partial charge in [-0.2, -0.15) is 0 Å². The minimum Gasteiger partial charge on any atom is -0.394 e. The standard InChI is InChI=1S/C26H42O11/c1-9-10-5-6-12-17(29)16(25(12,4)34)11(10)7-14(28)26(35)15(9)19(31)22(24(26,2)3)37-23-21(33)20(32)18(30)13(8-27)36-23/h10-23,27-35H,1,5-8H2,2-4H3/t10-,11+,12-,13+,14+,15+,16+,17-,18+,19-,20-,21+,22-,23-,25-,26+/m0/s1. The Morgan fingerprint density at radius 1 is 0.919 bits per heavy atom. The van der Waals surface area contributed by atoms with E-state index in [1.807, 2.05) is 0 Å². The summed E-state index contributed by atoms with van der Waals surface area (Å²) in [5.41, 5.74) is -3.84. The minimum atomic E-state index is -1.92. The smallest absolute Gasteiger partial charge is 0.187 e. The zero-order valence-corrected chi connectivity index (χ0v) is 21.5. The molecule has 2 bridgehead atoms. The summed E-state index contributed by atoms with van der Waals surface area (Å²) >= 11 is 0. The first-order valence-corrected chi connectivity index (χ1v) is 13.3. The van der Waals surface area contributed by atoms with Crippen LogP contribution in [0.5, 0.6) is 0 Å². The SMILES string of the molecule is C=C1[C@@H]2[C@H](O)[C@H](O[C@@H]3O[C@H](CO)[C@@H](O)[C@H](O)[C@H]3O)C(C)(C)[C@@]2(O)[C@H](O)C[C@H]2[C@@H]3[C@@H](O)[C@H](CC[C@@H]12)[C@]3(C)O. The summed E-state index contributed by atoms with van der Waals surface area (Å²) in [6.07, 6.45) is -11.2. The highest BCUT2D eigenvalue weighted by atomic mass is 16.7. The van der Waals surface area contributed by atoms with Crippen molar-refractivity contribution in [2.24, 2.45) is 35.0 Å². The molecule has 11 nitrogen and oxygen atoms in total. The third kappa shape index (κ3) is 3.53. The Bertz CT molecular complexity index is 907. The first-order valence-electron chi connectivity index (χ1n) is 13.3. The molecular weight excluding hydrogens is 488 g/mol. The van der Waals surface area contributed by atoms with E-state index >= 15 is 0 Å². The van der Waals surface area contributed by atoms with Crippen LogP contribution in [0.4, 0.5) is 0 Å². The lowest BCUT2D eigenvalue weighted by Crippen LogP contribution is -2.66. The Morgan fingerprint density at radius 2 is 1.57 bits per heavy atom. The van der Waals surface area contributed by atoms with E-state index < -0.39 is 90.2 Å². The van der Waals surface area contributed by atoms with E-state index in [2.05, 4.69) is 6.58 Å². The van der Waals surface area contributed by atoms with Gasteiger partial charge in [-0.1, -0.05) is 26.0 Å². The van der Waals surface area contributed by atoms with Crippen molar-refractivity contribution in [1.82, 2.24) is 0 Å². The van der Waals surface area contributed by atoms with E-state index in [-0.39, 0.29) is 24.2 Å². The fourth-order valence-electron chi connectivity index (χ4n) is 8.69. The van der Waals surface area contributed by atoms with Gasteiger partial charge >= 0.3 is 0 Å². The Labute approximate surface area is 216 Å². The molecule has 6 aliphatic rings. The van der Waals surface area contributed by atoms with Crippen molar-refractivity contribution in [3.8, 4) is 0 Å². The van der Waals surface area contributed by atoms with E-state index in [4.69, 9.17) is 9.47 Å². The van der Waals surface area contributed by atoms with Crippen LogP contribution in [0.3, 0.4) is 0 Å². The van der Waals surface area contributed by atoms with Gasteiger partial charge in [-0.25, -0.2) is 0 Å². The predicted molar refractivity (Wildman–Crippen MR) is 126 cm³/mol. The molecule has 0 aromatic carbocycles. The van der Waals surface area contributed by atoms with Crippen LogP contribution in [0.2, 0.25) is 0 Å². The lowest BCUT2D eigenvalue weighted by Gasteiger charge is -2.56. The second-order valence-corrected chi connectivity index (χ2v) is 12.8. The van der Waals surface area contributed by atoms with Gasteiger partial charge in [0.15, 0.2) is 6.29 Å². The summed E-state index contributed by atoms with van der Waals surface area (Å²) in [7, 11) is 0. The van der Waals surface area contributed by atoms with Gasteiger partial charge in [-0.05, 0) is 38.0 Å². The minimum absolute atomic E-state index is 0.0736. The molecule has 0 amide bonds. The van der Waals surface area contributed by atoms with Crippen LogP contribution in [-0.4, -0.2) is 119 Å². The average molecular weight is 531 g/mol. The van der Waals surface area contributed by atoms with Crippen LogP contribution in [-0.2, 0) is 9.47 Å². The van der Waals surface area contributed by atoms with Crippen molar-refractivity contribution in [1.29, 1.82) is 0 Å². The fourth-order valence-corrected chi connectivity index (χ4v) is 8.69. The number of aliphatic hydroxyl groups is 9. The molecule has 1 aliphatic heterocycles. The first-order chi connectivity index (χ1) is 17.1. The Hall–Kier alpha value is -0.700. The van der Waals surface area contributed by atoms with E-state index in [9.17, 15) is 46.0 Å². The summed E-state index contributed by atoms with van der Waals surface area (Å²) < 4.78 is 11.5. The van der Waals surface area contributed by atoms with Gasteiger partial charge in [-0.15, -0.1) is 0 Å². The number of rotatable bonds is 3. The monoisotopic (exact) mass is 530 g/mol. The van der Waals surface area contributed by atoms with Crippen LogP contribution < -0.4 is 0 Å². The summed E-state index contributed by atoms with van der Waals surface area (Å²) in [5.74, 6) is -2.45. The Balaban J connectivity index is 1.48. The highest BCUT2D eigenvalue weighted by molar-refractivity contribution is 5.31. The Kier molecular flexibility index (Phi) is 6.70. The van der Waals surface area contributed by atoms with Crippen molar-refractivity contribution < 1.29 is 55.4 Å². The van der Waals surface area contributed by atoms with Crippen LogP contribution in [0.15, 0.2) is 12.2 Å². The summed E-state index contributed by atoms with van der Waals surface area (Å²) in [6, 6.07) is 0. The molecule has 0 spiro atoms. The zero-order valence-electron chi connectivity index (χ0n) is 21.5. The topological polar surface area (TPSA) is 201 Å². The lowest BCUT2D eigenvalue weighted by molar-refractivity contribution is -0.325. The Morgan fingerprint density at radius 3 is 2.16 bits per heavy atom. The normalized spacial score (nSPS) is 59.1. The van der Waals surface area contributed by atoms with Gasteiger partial charge in [0.25, 0.3) is 0 Å². The number of hydrogen-bond donors (Lipinski definition) is 9. The van der Waals surface area contributed by atoms with Gasteiger partial charge in [-0.3, -0.25) is 0 Å². The van der Waals surface area contributed by atoms with Gasteiger partial charge < -0.3 is 55.4 Å². The van der Waals surface area contributed by atoms with Crippen LogP contribution >= 0.6 is 0 Å². The molecule has 0 aromatic heterocycles. The number of aliphatic hydroxyl groups excluding tert-OH is 7. The molecule has 5 aliphatic carbocycles. The molecule has 6 fully saturated rings. The van der Waals surface area contributed by atoms with E-state index in [1.165, 1.54) is 0 Å². The van der Waals surface area contributed by atoms with Crippen LogP contribution in [0.1, 0.15) is 40.0 Å². The van der Waals surface area contributed by atoms with Crippen molar-refractivity contribution in [2.45, 2.75) is 106 Å². The molecule has 1 heterocycles. The summed E-state index contributed by atoms with van der Waals surface area (Å²) in [5, 5.41) is 97.5. The van der Waals surface area contributed by atoms with Gasteiger partial charge in [0.1, 0.15) is 30.0 Å². The predicted octanol–water partition coefficient (Wildman–Crippen LogP) is -2.38. The molecule has 1 saturated heterocycles. The number of ether oxygens (including phenoxy) is 2. The van der Waals surface area contributed by atoms with E-state index in [1.54, 1.807) is 20.8 Å². The molecule has 11 heteroatoms. The maximum atomic E-state index is 12.2. The van der Waals surface area contributed by atoms with Gasteiger partial charge in [0, 0.05) is 23.2 Å². The molecule has 5 saturated carbocycles. The lowest BCUT2D eigenvalue weighted by atomic mass is 9.54. The fraction of sp³-hybridized carbons (Fsp3) is 0.923. The molecule has 212 valence electrons. The number of fused-ring (bicyclic) bond motifs is 2. The van der Waals surface area contributed by atoms with Crippen LogP contribution in [0, 0.1) is 35.0 Å². The van der Waals surface area contributed by atoms with Crippen molar-refractivity contribution in [3.05, 3.63) is 12.2 Å². The zero-order chi connectivity index (χ0) is 27.4. The summed E-state index contributed by atoms with van der Waals surface area (Å²) in [6.45, 7) is 8.56. The van der Waals surface area contributed by atoms with Crippen molar-refractivity contribution in [2.75, 3.05) is 6.61 Å². The quantitative estimate of drug-likeness (QED) is 0.177. The first kappa shape index (κ1) is 27.9. The maximum Gasteiger partial charge on any atom is 0.187 e. The van der Waals surface area contributed by atoms with Gasteiger partial charge in [0.2, 0.25) is 0 Å². The molecule has 16 atom stereocenters. The van der Waals surface area contributed by atoms with E-state index in [0.717, 1.165) is 0 Å². The highest BCUT2D eigenvalue weighted by Crippen LogP contribution is 2.65.